The van der Waals surface area contributed by atoms with Crippen molar-refractivity contribution >= 4 is 0 Å². The molecule has 0 unspecified atom stereocenters. The summed E-state index contributed by atoms with van der Waals surface area (Å²) in [4.78, 5) is 0. The molecular formula is C21H44. The quantitative estimate of drug-likeness (QED) is 0.252. The van der Waals surface area contributed by atoms with Crippen molar-refractivity contribution in [3.63, 3.8) is 0 Å². The molecule has 0 aromatic carbocycles. The highest BCUT2D eigenvalue weighted by atomic mass is 14.0. The van der Waals surface area contributed by atoms with Crippen LogP contribution >= 0.6 is 0 Å². The average Bonchev–Trinajstić information content (AvgIpc) is 2.42. The second-order valence-corrected chi connectivity index (χ2v) is 7.96. The van der Waals surface area contributed by atoms with Gasteiger partial charge in [0.25, 0.3) is 0 Å². The van der Waals surface area contributed by atoms with Crippen LogP contribution in [0.2, 0.25) is 0 Å². The van der Waals surface area contributed by atoms with Gasteiger partial charge in [-0.3, -0.25) is 0 Å². The molecule has 0 N–H and O–H groups in total. The third kappa shape index (κ3) is 20.0. The van der Waals surface area contributed by atoms with E-state index in [2.05, 4.69) is 27.7 Å². The van der Waals surface area contributed by atoms with Crippen LogP contribution in [-0.4, -0.2) is 0 Å². The predicted molar refractivity (Wildman–Crippen MR) is 98.9 cm³/mol. The Hall–Kier alpha value is 0. The predicted octanol–water partition coefficient (Wildman–Crippen LogP) is 8.15. The molecule has 0 spiro atoms. The molecule has 0 aliphatic carbocycles. The van der Waals surface area contributed by atoms with Gasteiger partial charge in [0, 0.05) is 0 Å². The lowest BCUT2D eigenvalue weighted by Gasteiger charge is -2.05. The van der Waals surface area contributed by atoms with Crippen LogP contribution in [0.25, 0.3) is 0 Å². The number of unbranched alkanes of at least 4 members (excludes halogenated alkanes) is 12. The second-order valence-electron chi connectivity index (χ2n) is 7.96. The highest BCUT2D eigenvalue weighted by molar-refractivity contribution is 4.51. The zero-order valence-electron chi connectivity index (χ0n) is 15.8. The first kappa shape index (κ1) is 21.0. The van der Waals surface area contributed by atoms with Gasteiger partial charge in [-0.2, -0.15) is 0 Å². The van der Waals surface area contributed by atoms with E-state index >= 15 is 0 Å². The van der Waals surface area contributed by atoms with Gasteiger partial charge >= 0.3 is 0 Å². The minimum Gasteiger partial charge on any atom is -0.0628 e. The van der Waals surface area contributed by atoms with Gasteiger partial charge in [-0.1, -0.05) is 124 Å². The third-order valence-corrected chi connectivity index (χ3v) is 4.56. The van der Waals surface area contributed by atoms with E-state index in [9.17, 15) is 0 Å². The molecule has 0 rings (SSSR count). The van der Waals surface area contributed by atoms with E-state index in [1.165, 1.54) is 96.3 Å². The van der Waals surface area contributed by atoms with E-state index in [-0.39, 0.29) is 0 Å². The molecule has 0 saturated carbocycles. The molecule has 0 aliphatic rings. The summed E-state index contributed by atoms with van der Waals surface area (Å²) in [5, 5.41) is 0. The van der Waals surface area contributed by atoms with Gasteiger partial charge in [0.15, 0.2) is 0 Å². The van der Waals surface area contributed by atoms with E-state index in [0.717, 1.165) is 11.8 Å². The summed E-state index contributed by atoms with van der Waals surface area (Å²) in [5.74, 6) is 1.80. The van der Waals surface area contributed by atoms with Crippen LogP contribution in [-0.2, 0) is 0 Å². The standard InChI is InChI=1S/C21H44/c1-20(2)18-16-14-12-10-8-6-5-7-9-11-13-15-17-19-21(3)4/h20-21H,5-19H2,1-4H3. The lowest BCUT2D eigenvalue weighted by atomic mass is 10.0. The van der Waals surface area contributed by atoms with Gasteiger partial charge in [-0.05, 0) is 11.8 Å². The Morgan fingerprint density at radius 1 is 0.333 bits per heavy atom. The third-order valence-electron chi connectivity index (χ3n) is 4.56. The van der Waals surface area contributed by atoms with E-state index in [1.54, 1.807) is 0 Å². The maximum Gasteiger partial charge on any atom is -0.0471 e. The smallest absolute Gasteiger partial charge is 0.0471 e. The van der Waals surface area contributed by atoms with Crippen LogP contribution in [0.15, 0.2) is 0 Å². The number of rotatable bonds is 16. The first-order chi connectivity index (χ1) is 10.1. The Kier molecular flexibility index (Phi) is 16.4. The van der Waals surface area contributed by atoms with Gasteiger partial charge in [-0.25, -0.2) is 0 Å². The maximum atomic E-state index is 2.34. The van der Waals surface area contributed by atoms with Crippen LogP contribution in [0.1, 0.15) is 124 Å². The van der Waals surface area contributed by atoms with Crippen LogP contribution in [0.3, 0.4) is 0 Å². The Labute approximate surface area is 136 Å². The van der Waals surface area contributed by atoms with Crippen LogP contribution < -0.4 is 0 Å². The second kappa shape index (κ2) is 16.4. The first-order valence-electron chi connectivity index (χ1n) is 10.1. The van der Waals surface area contributed by atoms with Gasteiger partial charge in [0.2, 0.25) is 0 Å². The number of hydrogen-bond acceptors (Lipinski definition) is 0. The molecule has 0 heterocycles. The van der Waals surface area contributed by atoms with Gasteiger partial charge < -0.3 is 0 Å². The Morgan fingerprint density at radius 3 is 0.714 bits per heavy atom. The van der Waals surface area contributed by atoms with Crippen molar-refractivity contribution in [3.05, 3.63) is 0 Å². The number of hydrogen-bond donors (Lipinski definition) is 0. The zero-order valence-corrected chi connectivity index (χ0v) is 15.8. The minimum absolute atomic E-state index is 0.898. The molecule has 0 atom stereocenters. The van der Waals surface area contributed by atoms with Crippen molar-refractivity contribution < 1.29 is 0 Å². The van der Waals surface area contributed by atoms with Crippen molar-refractivity contribution in [3.8, 4) is 0 Å². The molecule has 0 aromatic rings. The van der Waals surface area contributed by atoms with Gasteiger partial charge in [-0.15, -0.1) is 0 Å². The fraction of sp³-hybridized carbons (Fsp3) is 1.00. The fourth-order valence-electron chi connectivity index (χ4n) is 3.05. The Morgan fingerprint density at radius 2 is 0.524 bits per heavy atom. The van der Waals surface area contributed by atoms with Crippen molar-refractivity contribution in [1.29, 1.82) is 0 Å². The summed E-state index contributed by atoms with van der Waals surface area (Å²) in [7, 11) is 0. The minimum atomic E-state index is 0.898. The van der Waals surface area contributed by atoms with E-state index in [1.807, 2.05) is 0 Å². The van der Waals surface area contributed by atoms with Crippen LogP contribution in [0, 0.1) is 11.8 Å². The van der Waals surface area contributed by atoms with E-state index in [4.69, 9.17) is 0 Å². The largest absolute Gasteiger partial charge is 0.0628 e. The van der Waals surface area contributed by atoms with Crippen LogP contribution in [0.5, 0.6) is 0 Å². The molecule has 128 valence electrons. The normalized spacial score (nSPS) is 11.7. The first-order valence-corrected chi connectivity index (χ1v) is 10.1. The fourth-order valence-corrected chi connectivity index (χ4v) is 3.05. The van der Waals surface area contributed by atoms with Gasteiger partial charge in [0.05, 0.1) is 0 Å². The van der Waals surface area contributed by atoms with E-state index in [0.29, 0.717) is 0 Å². The Balaban J connectivity index is 2.96. The molecule has 0 aromatic heterocycles. The molecule has 0 radical (unpaired) electrons. The zero-order chi connectivity index (χ0) is 15.8. The SMILES string of the molecule is CC(C)CCCCCCCCCCCCCCCC(C)C. The molecule has 0 aliphatic heterocycles. The molecule has 0 saturated heterocycles. The highest BCUT2D eigenvalue weighted by Gasteiger charge is 1.96. The monoisotopic (exact) mass is 296 g/mol. The lowest BCUT2D eigenvalue weighted by molar-refractivity contribution is 0.495. The Bertz CT molecular complexity index is 160. The van der Waals surface area contributed by atoms with Gasteiger partial charge in [0.1, 0.15) is 0 Å². The molecular weight excluding hydrogens is 252 g/mol. The van der Waals surface area contributed by atoms with Crippen molar-refractivity contribution in [1.82, 2.24) is 0 Å². The summed E-state index contributed by atoms with van der Waals surface area (Å²) in [6.45, 7) is 9.35. The summed E-state index contributed by atoms with van der Waals surface area (Å²) in [6.07, 6.45) is 22.0. The van der Waals surface area contributed by atoms with Crippen molar-refractivity contribution in [2.75, 3.05) is 0 Å². The summed E-state index contributed by atoms with van der Waals surface area (Å²) < 4.78 is 0. The summed E-state index contributed by atoms with van der Waals surface area (Å²) in [6, 6.07) is 0. The molecule has 0 amide bonds. The molecule has 0 nitrogen and oxygen atoms in total. The molecule has 21 heavy (non-hydrogen) atoms. The molecule has 0 bridgehead atoms. The highest BCUT2D eigenvalue weighted by Crippen LogP contribution is 2.15. The molecule has 0 heteroatoms. The van der Waals surface area contributed by atoms with Crippen LogP contribution in [0.4, 0.5) is 0 Å². The topological polar surface area (TPSA) is 0 Å². The maximum absolute atomic E-state index is 2.34. The van der Waals surface area contributed by atoms with Crippen molar-refractivity contribution in [2.24, 2.45) is 11.8 Å². The van der Waals surface area contributed by atoms with Crippen molar-refractivity contribution in [2.45, 2.75) is 124 Å². The lowest BCUT2D eigenvalue weighted by Crippen LogP contribution is -1.88. The summed E-state index contributed by atoms with van der Waals surface area (Å²) in [5.41, 5.74) is 0. The summed E-state index contributed by atoms with van der Waals surface area (Å²) >= 11 is 0. The average molecular weight is 297 g/mol. The molecule has 0 fully saturated rings. The van der Waals surface area contributed by atoms with E-state index < -0.39 is 0 Å².